The molecule has 1 N–H and O–H groups in total. The zero-order valence-corrected chi connectivity index (χ0v) is 8.63. The number of nitrogens with one attached hydrogen (secondary N) is 1. The van der Waals surface area contributed by atoms with Gasteiger partial charge in [0.05, 0.1) is 0 Å². The minimum absolute atomic E-state index is 0.947. The van der Waals surface area contributed by atoms with Crippen molar-refractivity contribution in [3.63, 3.8) is 0 Å². The van der Waals surface area contributed by atoms with E-state index in [4.69, 9.17) is 0 Å². The van der Waals surface area contributed by atoms with E-state index in [0.717, 1.165) is 5.92 Å². The monoisotopic (exact) mass is 183 g/mol. The normalized spacial score (nSPS) is 27.5. The highest BCUT2D eigenvalue weighted by atomic mass is 15.2. The number of piperazine rings is 1. The van der Waals surface area contributed by atoms with Crippen LogP contribution in [0.5, 0.6) is 0 Å². The fourth-order valence-electron chi connectivity index (χ4n) is 2.23. The van der Waals surface area contributed by atoms with Crippen LogP contribution >= 0.6 is 0 Å². The predicted molar refractivity (Wildman–Crippen MR) is 54.9 cm³/mol. The molecule has 0 aliphatic carbocycles. The second-order valence-corrected chi connectivity index (χ2v) is 4.46. The van der Waals surface area contributed by atoms with Gasteiger partial charge >= 0.3 is 0 Å². The van der Waals surface area contributed by atoms with Crippen molar-refractivity contribution in [2.24, 2.45) is 5.92 Å². The Kier molecular flexibility index (Phi) is 3.19. The summed E-state index contributed by atoms with van der Waals surface area (Å²) in [5.41, 5.74) is 0. The molecule has 3 heteroatoms. The van der Waals surface area contributed by atoms with Gasteiger partial charge in [0.15, 0.2) is 0 Å². The molecule has 2 rings (SSSR count). The van der Waals surface area contributed by atoms with Crippen molar-refractivity contribution in [1.29, 1.82) is 0 Å². The third-order valence-electron chi connectivity index (χ3n) is 3.08. The summed E-state index contributed by atoms with van der Waals surface area (Å²) < 4.78 is 0. The Bertz CT molecular complexity index is 148. The minimum atomic E-state index is 0.947. The fraction of sp³-hybridized carbons (Fsp3) is 1.00. The van der Waals surface area contributed by atoms with E-state index in [9.17, 15) is 0 Å². The topological polar surface area (TPSA) is 18.5 Å². The van der Waals surface area contributed by atoms with Crippen LogP contribution in [0, 0.1) is 5.92 Å². The molecule has 2 heterocycles. The van der Waals surface area contributed by atoms with E-state index in [1.807, 2.05) is 0 Å². The Balaban J connectivity index is 1.56. The van der Waals surface area contributed by atoms with Gasteiger partial charge in [0.2, 0.25) is 0 Å². The van der Waals surface area contributed by atoms with Gasteiger partial charge in [-0.15, -0.1) is 0 Å². The molecule has 0 atom stereocenters. The molecular formula is C10H21N3. The average molecular weight is 183 g/mol. The summed E-state index contributed by atoms with van der Waals surface area (Å²) in [6, 6.07) is 0. The Morgan fingerprint density at radius 3 is 2.31 bits per heavy atom. The Hall–Kier alpha value is -0.120. The Morgan fingerprint density at radius 1 is 1.08 bits per heavy atom. The average Bonchev–Trinajstić information content (AvgIpc) is 2.12. The van der Waals surface area contributed by atoms with Gasteiger partial charge < -0.3 is 10.2 Å². The van der Waals surface area contributed by atoms with Crippen LogP contribution < -0.4 is 5.32 Å². The molecule has 0 aromatic carbocycles. The summed E-state index contributed by atoms with van der Waals surface area (Å²) in [5, 5.41) is 3.38. The number of rotatable bonds is 3. The van der Waals surface area contributed by atoms with Crippen LogP contribution in [0.15, 0.2) is 0 Å². The SMILES string of the molecule is CC1CN(CCN2CCNCC2)C1. The number of nitrogens with zero attached hydrogens (tertiary/aromatic N) is 2. The highest BCUT2D eigenvalue weighted by Crippen LogP contribution is 2.13. The molecule has 0 aromatic heterocycles. The molecule has 0 radical (unpaired) electrons. The first-order chi connectivity index (χ1) is 6.34. The van der Waals surface area contributed by atoms with Crippen LogP contribution in [0.4, 0.5) is 0 Å². The molecular weight excluding hydrogens is 162 g/mol. The third kappa shape index (κ3) is 2.66. The van der Waals surface area contributed by atoms with Gasteiger partial charge in [0.1, 0.15) is 0 Å². The van der Waals surface area contributed by atoms with Gasteiger partial charge in [0, 0.05) is 52.4 Å². The molecule has 2 aliphatic heterocycles. The van der Waals surface area contributed by atoms with Crippen molar-refractivity contribution < 1.29 is 0 Å². The van der Waals surface area contributed by atoms with E-state index in [0.29, 0.717) is 0 Å². The largest absolute Gasteiger partial charge is 0.314 e. The summed E-state index contributed by atoms with van der Waals surface area (Å²) in [5.74, 6) is 0.947. The van der Waals surface area contributed by atoms with E-state index >= 15 is 0 Å². The Morgan fingerprint density at radius 2 is 1.69 bits per heavy atom. The molecule has 0 amide bonds. The molecule has 76 valence electrons. The van der Waals surface area contributed by atoms with Crippen LogP contribution in [0.1, 0.15) is 6.92 Å². The van der Waals surface area contributed by atoms with Crippen LogP contribution in [0.25, 0.3) is 0 Å². The van der Waals surface area contributed by atoms with Crippen molar-refractivity contribution >= 4 is 0 Å². The van der Waals surface area contributed by atoms with Crippen LogP contribution in [-0.4, -0.2) is 62.2 Å². The number of hydrogen-bond donors (Lipinski definition) is 1. The second kappa shape index (κ2) is 4.40. The molecule has 0 unspecified atom stereocenters. The van der Waals surface area contributed by atoms with Crippen LogP contribution in [-0.2, 0) is 0 Å². The summed E-state index contributed by atoms with van der Waals surface area (Å²) >= 11 is 0. The Labute approximate surface area is 81.1 Å². The third-order valence-corrected chi connectivity index (χ3v) is 3.08. The molecule has 0 saturated carbocycles. The molecule has 0 bridgehead atoms. The van der Waals surface area contributed by atoms with E-state index in [-0.39, 0.29) is 0 Å². The first-order valence-corrected chi connectivity index (χ1v) is 5.50. The van der Waals surface area contributed by atoms with Gasteiger partial charge in [0.25, 0.3) is 0 Å². The van der Waals surface area contributed by atoms with Crippen molar-refractivity contribution in [3.8, 4) is 0 Å². The van der Waals surface area contributed by atoms with Crippen molar-refractivity contribution in [3.05, 3.63) is 0 Å². The fourth-order valence-corrected chi connectivity index (χ4v) is 2.23. The van der Waals surface area contributed by atoms with Gasteiger partial charge in [-0.25, -0.2) is 0 Å². The number of likely N-dealkylation sites (tertiary alicyclic amines) is 1. The van der Waals surface area contributed by atoms with E-state index in [1.165, 1.54) is 52.4 Å². The highest BCUT2D eigenvalue weighted by Gasteiger charge is 2.22. The highest BCUT2D eigenvalue weighted by molar-refractivity contribution is 4.77. The maximum atomic E-state index is 3.38. The summed E-state index contributed by atoms with van der Waals surface area (Å²) in [7, 11) is 0. The standard InChI is InChI=1S/C10H21N3/c1-10-8-13(9-10)7-6-12-4-2-11-3-5-12/h10-11H,2-9H2,1H3. The van der Waals surface area contributed by atoms with Gasteiger partial charge in [-0.2, -0.15) is 0 Å². The van der Waals surface area contributed by atoms with E-state index in [2.05, 4.69) is 22.0 Å². The first-order valence-electron chi connectivity index (χ1n) is 5.50. The molecule has 2 fully saturated rings. The molecule has 2 saturated heterocycles. The van der Waals surface area contributed by atoms with Crippen molar-refractivity contribution in [2.45, 2.75) is 6.92 Å². The molecule has 2 aliphatic rings. The van der Waals surface area contributed by atoms with Crippen molar-refractivity contribution in [2.75, 3.05) is 52.4 Å². The lowest BCUT2D eigenvalue weighted by atomic mass is 10.0. The van der Waals surface area contributed by atoms with Crippen molar-refractivity contribution in [1.82, 2.24) is 15.1 Å². The first kappa shape index (κ1) is 9.44. The summed E-state index contributed by atoms with van der Waals surface area (Å²) in [6.45, 7) is 12.4. The lowest BCUT2D eigenvalue weighted by Gasteiger charge is -2.39. The quantitative estimate of drug-likeness (QED) is 0.656. The zero-order valence-electron chi connectivity index (χ0n) is 8.63. The van der Waals surface area contributed by atoms with Gasteiger partial charge in [-0.05, 0) is 5.92 Å². The van der Waals surface area contributed by atoms with E-state index < -0.39 is 0 Å². The summed E-state index contributed by atoms with van der Waals surface area (Å²) in [4.78, 5) is 5.13. The molecule has 3 nitrogen and oxygen atoms in total. The zero-order chi connectivity index (χ0) is 9.10. The van der Waals surface area contributed by atoms with Crippen LogP contribution in [0.3, 0.4) is 0 Å². The number of hydrogen-bond acceptors (Lipinski definition) is 3. The summed E-state index contributed by atoms with van der Waals surface area (Å²) in [6.07, 6.45) is 0. The second-order valence-electron chi connectivity index (χ2n) is 4.46. The minimum Gasteiger partial charge on any atom is -0.314 e. The maximum absolute atomic E-state index is 3.38. The lowest BCUT2D eigenvalue weighted by molar-refractivity contribution is 0.0927. The van der Waals surface area contributed by atoms with Gasteiger partial charge in [-0.1, -0.05) is 6.92 Å². The van der Waals surface area contributed by atoms with Crippen LogP contribution in [0.2, 0.25) is 0 Å². The predicted octanol–water partition coefficient (Wildman–Crippen LogP) is -0.157. The molecule has 0 spiro atoms. The van der Waals surface area contributed by atoms with Gasteiger partial charge in [-0.3, -0.25) is 4.90 Å². The molecule has 0 aromatic rings. The lowest BCUT2D eigenvalue weighted by Crippen LogP contribution is -2.51. The smallest absolute Gasteiger partial charge is 0.0110 e. The maximum Gasteiger partial charge on any atom is 0.0110 e. The molecule has 13 heavy (non-hydrogen) atoms. The van der Waals surface area contributed by atoms with E-state index in [1.54, 1.807) is 0 Å².